The Morgan fingerprint density at radius 2 is 1.95 bits per heavy atom. The number of hydrogen-bond acceptors (Lipinski definition) is 4. The third kappa shape index (κ3) is 3.88. The minimum Gasteiger partial charge on any atom is -0.325 e. The number of amides is 1. The summed E-state index contributed by atoms with van der Waals surface area (Å²) in [5, 5.41) is 11.9. The largest absolute Gasteiger partial charge is 0.325 e. The molecule has 0 spiro atoms. The molecule has 1 aromatic heterocycles. The first-order valence-corrected chi connectivity index (χ1v) is 8.28. The Balaban J connectivity index is 1.97. The van der Waals surface area contributed by atoms with Crippen molar-refractivity contribution in [1.29, 1.82) is 0 Å². The first-order valence-electron chi connectivity index (χ1n) is 7.30. The summed E-state index contributed by atoms with van der Waals surface area (Å²) < 4.78 is 2.04. The lowest BCUT2D eigenvalue weighted by Gasteiger charge is -2.12. The van der Waals surface area contributed by atoms with E-state index in [1.165, 1.54) is 22.9 Å². The van der Waals surface area contributed by atoms with Gasteiger partial charge < -0.3 is 9.88 Å². The van der Waals surface area contributed by atoms with E-state index in [0.29, 0.717) is 5.75 Å². The maximum absolute atomic E-state index is 12.1. The van der Waals surface area contributed by atoms with Crippen molar-refractivity contribution in [3.05, 3.63) is 35.2 Å². The fourth-order valence-electron chi connectivity index (χ4n) is 2.19. The third-order valence-electron chi connectivity index (χ3n) is 3.47. The van der Waals surface area contributed by atoms with Crippen LogP contribution >= 0.6 is 11.8 Å². The van der Waals surface area contributed by atoms with Gasteiger partial charge in [-0.2, -0.15) is 0 Å². The number of rotatable bonds is 5. The summed E-state index contributed by atoms with van der Waals surface area (Å²) in [5.74, 6) is 1.15. The molecule has 0 aliphatic carbocycles. The van der Waals surface area contributed by atoms with Gasteiger partial charge >= 0.3 is 0 Å². The monoisotopic (exact) mass is 318 g/mol. The SMILES string of the molecule is Cc1ccc(NC(=O)CSc2nnc(C)n2C(C)C)cc1C. The van der Waals surface area contributed by atoms with Crippen LogP contribution in [0.1, 0.15) is 36.8 Å². The molecule has 22 heavy (non-hydrogen) atoms. The number of nitrogens with zero attached hydrogens (tertiary/aromatic N) is 3. The van der Waals surface area contributed by atoms with Crippen LogP contribution in [0.25, 0.3) is 0 Å². The van der Waals surface area contributed by atoms with Gasteiger partial charge in [0.15, 0.2) is 5.16 Å². The Kier molecular flexibility index (Phi) is 5.24. The topological polar surface area (TPSA) is 59.8 Å². The molecule has 5 nitrogen and oxygen atoms in total. The molecular formula is C16H22N4OS. The van der Waals surface area contributed by atoms with Crippen molar-refractivity contribution in [1.82, 2.24) is 14.8 Å². The van der Waals surface area contributed by atoms with Crippen molar-refractivity contribution in [2.45, 2.75) is 45.8 Å². The fourth-order valence-corrected chi connectivity index (χ4v) is 3.10. The van der Waals surface area contributed by atoms with Crippen molar-refractivity contribution in [3.8, 4) is 0 Å². The Labute approximate surface area is 135 Å². The number of hydrogen-bond donors (Lipinski definition) is 1. The molecule has 2 rings (SSSR count). The van der Waals surface area contributed by atoms with Crippen LogP contribution in [0.5, 0.6) is 0 Å². The van der Waals surface area contributed by atoms with E-state index in [1.807, 2.05) is 36.6 Å². The zero-order valence-corrected chi connectivity index (χ0v) is 14.5. The molecule has 6 heteroatoms. The highest BCUT2D eigenvalue weighted by Crippen LogP contribution is 2.21. The summed E-state index contributed by atoms with van der Waals surface area (Å²) >= 11 is 1.41. The van der Waals surface area contributed by atoms with Crippen LogP contribution in [0.15, 0.2) is 23.4 Å². The van der Waals surface area contributed by atoms with Gasteiger partial charge in [-0.05, 0) is 57.9 Å². The summed E-state index contributed by atoms with van der Waals surface area (Å²) in [6, 6.07) is 6.20. The van der Waals surface area contributed by atoms with Crippen molar-refractivity contribution in [2.24, 2.45) is 0 Å². The molecule has 1 heterocycles. The summed E-state index contributed by atoms with van der Waals surface area (Å²) in [7, 11) is 0. The van der Waals surface area contributed by atoms with E-state index in [9.17, 15) is 4.79 Å². The molecule has 0 unspecified atom stereocenters. The van der Waals surface area contributed by atoms with Gasteiger partial charge in [0.2, 0.25) is 5.91 Å². The van der Waals surface area contributed by atoms with Crippen LogP contribution in [-0.2, 0) is 4.79 Å². The third-order valence-corrected chi connectivity index (χ3v) is 4.42. The molecule has 0 atom stereocenters. The predicted octanol–water partition coefficient (Wildman–Crippen LogP) is 3.52. The summed E-state index contributed by atoms with van der Waals surface area (Å²) in [5.41, 5.74) is 3.21. The lowest BCUT2D eigenvalue weighted by molar-refractivity contribution is -0.113. The first kappa shape index (κ1) is 16.5. The van der Waals surface area contributed by atoms with Crippen molar-refractivity contribution < 1.29 is 4.79 Å². The molecule has 1 aromatic carbocycles. The number of anilines is 1. The highest BCUT2D eigenvalue weighted by atomic mass is 32.2. The second-order valence-electron chi connectivity index (χ2n) is 5.63. The molecular weight excluding hydrogens is 296 g/mol. The fraction of sp³-hybridized carbons (Fsp3) is 0.438. The quantitative estimate of drug-likeness (QED) is 0.857. The van der Waals surface area contributed by atoms with Gasteiger partial charge in [0, 0.05) is 11.7 Å². The Hall–Kier alpha value is -1.82. The van der Waals surface area contributed by atoms with Gasteiger partial charge in [0.05, 0.1) is 5.75 Å². The van der Waals surface area contributed by atoms with Gasteiger partial charge in [-0.1, -0.05) is 17.8 Å². The lowest BCUT2D eigenvalue weighted by Crippen LogP contribution is -2.15. The van der Waals surface area contributed by atoms with Crippen molar-refractivity contribution in [2.75, 3.05) is 11.1 Å². The van der Waals surface area contributed by atoms with E-state index in [1.54, 1.807) is 0 Å². The van der Waals surface area contributed by atoms with E-state index in [0.717, 1.165) is 16.7 Å². The number of carbonyl (C=O) groups excluding carboxylic acids is 1. The van der Waals surface area contributed by atoms with Crippen LogP contribution in [0.4, 0.5) is 5.69 Å². The smallest absolute Gasteiger partial charge is 0.234 e. The summed E-state index contributed by atoms with van der Waals surface area (Å²) in [6.45, 7) is 10.2. The maximum Gasteiger partial charge on any atom is 0.234 e. The molecule has 0 fully saturated rings. The zero-order chi connectivity index (χ0) is 16.3. The lowest BCUT2D eigenvalue weighted by atomic mass is 10.1. The van der Waals surface area contributed by atoms with Crippen molar-refractivity contribution in [3.63, 3.8) is 0 Å². The minimum absolute atomic E-state index is 0.0378. The number of benzene rings is 1. The normalized spacial score (nSPS) is 11.0. The highest BCUT2D eigenvalue weighted by molar-refractivity contribution is 7.99. The molecule has 0 saturated carbocycles. The van der Waals surface area contributed by atoms with E-state index < -0.39 is 0 Å². The van der Waals surface area contributed by atoms with E-state index in [-0.39, 0.29) is 11.9 Å². The van der Waals surface area contributed by atoms with E-state index in [4.69, 9.17) is 0 Å². The molecule has 0 aliphatic rings. The second kappa shape index (κ2) is 6.96. The average Bonchev–Trinajstić information content (AvgIpc) is 2.82. The van der Waals surface area contributed by atoms with E-state index >= 15 is 0 Å². The zero-order valence-electron chi connectivity index (χ0n) is 13.7. The molecule has 0 aliphatic heterocycles. The van der Waals surface area contributed by atoms with Gasteiger partial charge in [-0.25, -0.2) is 0 Å². The molecule has 1 amide bonds. The molecule has 0 saturated heterocycles. The molecule has 2 aromatic rings. The number of aryl methyl sites for hydroxylation is 3. The van der Waals surface area contributed by atoms with Gasteiger partial charge in [-0.3, -0.25) is 4.79 Å². The van der Waals surface area contributed by atoms with E-state index in [2.05, 4.69) is 36.3 Å². The van der Waals surface area contributed by atoms with Gasteiger partial charge in [-0.15, -0.1) is 10.2 Å². The number of thioether (sulfide) groups is 1. The maximum atomic E-state index is 12.1. The average molecular weight is 318 g/mol. The van der Waals surface area contributed by atoms with Crippen LogP contribution in [-0.4, -0.2) is 26.4 Å². The molecule has 1 N–H and O–H groups in total. The Morgan fingerprint density at radius 1 is 1.23 bits per heavy atom. The number of nitrogens with one attached hydrogen (secondary N) is 1. The minimum atomic E-state index is -0.0378. The van der Waals surface area contributed by atoms with Gasteiger partial charge in [0.25, 0.3) is 0 Å². The molecule has 118 valence electrons. The Bertz CT molecular complexity index is 679. The summed E-state index contributed by atoms with van der Waals surface area (Å²) in [4.78, 5) is 12.1. The molecule has 0 bridgehead atoms. The summed E-state index contributed by atoms with van der Waals surface area (Å²) in [6.07, 6.45) is 0. The van der Waals surface area contributed by atoms with Crippen LogP contribution < -0.4 is 5.32 Å². The van der Waals surface area contributed by atoms with Crippen molar-refractivity contribution >= 4 is 23.4 Å². The number of carbonyl (C=O) groups is 1. The van der Waals surface area contributed by atoms with Gasteiger partial charge in [0.1, 0.15) is 5.82 Å². The number of aromatic nitrogens is 3. The standard InChI is InChI=1S/C16H22N4OS/c1-10(2)20-13(5)18-19-16(20)22-9-15(21)17-14-7-6-11(3)12(4)8-14/h6-8,10H,9H2,1-5H3,(H,17,21). The van der Waals surface area contributed by atoms with Crippen LogP contribution in [0, 0.1) is 20.8 Å². The highest BCUT2D eigenvalue weighted by Gasteiger charge is 2.14. The Morgan fingerprint density at radius 3 is 2.59 bits per heavy atom. The second-order valence-corrected chi connectivity index (χ2v) is 6.57. The first-order chi connectivity index (χ1) is 10.4. The molecule has 0 radical (unpaired) electrons. The predicted molar refractivity (Wildman–Crippen MR) is 90.4 cm³/mol. The van der Waals surface area contributed by atoms with Crippen LogP contribution in [0.2, 0.25) is 0 Å². The van der Waals surface area contributed by atoms with Crippen LogP contribution in [0.3, 0.4) is 0 Å².